The monoisotopic (exact) mass is 534 g/mol. The second kappa shape index (κ2) is 9.83. The molecule has 12 heteroatoms. The Morgan fingerprint density at radius 1 is 1.16 bits per heavy atom. The molecule has 37 heavy (non-hydrogen) atoms. The standard InChI is InChI=1S/C25H32ClFN6O4/c1-25(2,3)37-24(35)33-14-7-8-15(33)12-32(11-14)22(34)20-17-10-28-21(26)18(27)19(17)29-23(30-20)36-13-16-6-5-9-31(16)4/h10,14-16H,5-9,11-13H2,1-4H3/t14-,15-,16-/m0/s1. The van der Waals surface area contributed by atoms with E-state index < -0.39 is 11.4 Å². The number of likely N-dealkylation sites (N-methyl/N-ethyl adjacent to an activating group) is 1. The molecule has 5 rings (SSSR count). The number of hydrogen-bond acceptors (Lipinski definition) is 8. The van der Waals surface area contributed by atoms with Gasteiger partial charge in [0, 0.05) is 25.3 Å². The van der Waals surface area contributed by atoms with Gasteiger partial charge in [0.2, 0.25) is 0 Å². The highest BCUT2D eigenvalue weighted by Gasteiger charge is 2.46. The van der Waals surface area contributed by atoms with Crippen LogP contribution in [0, 0.1) is 5.82 Å². The number of fused-ring (bicyclic) bond motifs is 3. The highest BCUT2D eigenvalue weighted by molar-refractivity contribution is 6.30. The largest absolute Gasteiger partial charge is 0.462 e. The molecule has 0 N–H and O–H groups in total. The van der Waals surface area contributed by atoms with Gasteiger partial charge < -0.3 is 19.3 Å². The summed E-state index contributed by atoms with van der Waals surface area (Å²) in [6.45, 7) is 7.45. The maximum Gasteiger partial charge on any atom is 0.410 e. The van der Waals surface area contributed by atoms with Crippen molar-refractivity contribution in [1.82, 2.24) is 29.7 Å². The summed E-state index contributed by atoms with van der Waals surface area (Å²) in [7, 11) is 2.02. The van der Waals surface area contributed by atoms with Gasteiger partial charge in [-0.25, -0.2) is 14.2 Å². The van der Waals surface area contributed by atoms with Gasteiger partial charge in [0.15, 0.2) is 11.0 Å². The number of amides is 2. The number of nitrogens with zero attached hydrogens (tertiary/aromatic N) is 6. The number of rotatable bonds is 4. The first-order chi connectivity index (χ1) is 17.5. The van der Waals surface area contributed by atoms with E-state index in [2.05, 4.69) is 19.9 Å². The van der Waals surface area contributed by atoms with Crippen molar-refractivity contribution in [1.29, 1.82) is 0 Å². The number of piperazine rings is 1. The highest BCUT2D eigenvalue weighted by Crippen LogP contribution is 2.33. The summed E-state index contributed by atoms with van der Waals surface area (Å²) in [6, 6.07) is -0.208. The van der Waals surface area contributed by atoms with E-state index in [0.29, 0.717) is 19.7 Å². The molecule has 5 heterocycles. The molecule has 0 radical (unpaired) electrons. The molecule has 2 bridgehead atoms. The average molecular weight is 535 g/mol. The van der Waals surface area contributed by atoms with Gasteiger partial charge in [-0.05, 0) is 60.0 Å². The molecule has 3 atom stereocenters. The van der Waals surface area contributed by atoms with Crippen molar-refractivity contribution in [3.8, 4) is 6.01 Å². The zero-order chi connectivity index (χ0) is 26.5. The molecule has 2 amide bonds. The lowest BCUT2D eigenvalue weighted by Gasteiger charge is -2.41. The summed E-state index contributed by atoms with van der Waals surface area (Å²) < 4.78 is 26.4. The van der Waals surface area contributed by atoms with Crippen molar-refractivity contribution in [3.05, 3.63) is 22.9 Å². The first kappa shape index (κ1) is 25.8. The summed E-state index contributed by atoms with van der Waals surface area (Å²) in [6.07, 6.45) is 4.53. The van der Waals surface area contributed by atoms with Crippen LogP contribution in [0.1, 0.15) is 56.9 Å². The van der Waals surface area contributed by atoms with Crippen LogP contribution < -0.4 is 4.74 Å². The summed E-state index contributed by atoms with van der Waals surface area (Å²) in [5, 5.41) is -0.172. The van der Waals surface area contributed by atoms with E-state index in [9.17, 15) is 14.0 Å². The van der Waals surface area contributed by atoms with Crippen molar-refractivity contribution in [3.63, 3.8) is 0 Å². The summed E-state index contributed by atoms with van der Waals surface area (Å²) >= 11 is 5.92. The minimum atomic E-state index is -0.826. The average Bonchev–Trinajstić information content (AvgIpc) is 3.37. The molecular formula is C25H32ClFN6O4. The Labute approximate surface area is 220 Å². The molecule has 3 saturated heterocycles. The van der Waals surface area contributed by atoms with Crippen molar-refractivity contribution < 1.29 is 23.5 Å². The first-order valence-corrected chi connectivity index (χ1v) is 13.0. The van der Waals surface area contributed by atoms with Crippen LogP contribution in [0.4, 0.5) is 9.18 Å². The van der Waals surface area contributed by atoms with E-state index >= 15 is 0 Å². The molecule has 3 fully saturated rings. The van der Waals surface area contributed by atoms with E-state index in [0.717, 1.165) is 32.2 Å². The Hall–Kier alpha value is -2.79. The van der Waals surface area contributed by atoms with Gasteiger partial charge in [-0.2, -0.15) is 9.97 Å². The molecule has 0 unspecified atom stereocenters. The third kappa shape index (κ3) is 5.16. The molecule has 200 valence electrons. The SMILES string of the molecule is CN1CCC[C@H]1COc1nc(C(=O)N2C[C@@H]3CC[C@@H](C2)N3C(=O)OC(C)(C)C)c2cnc(Cl)c(F)c2n1. The quantitative estimate of drug-likeness (QED) is 0.549. The minimum Gasteiger partial charge on any atom is -0.462 e. The number of carbonyl (C=O) groups is 2. The molecule has 2 aromatic rings. The Kier molecular flexibility index (Phi) is 6.86. The van der Waals surface area contributed by atoms with Crippen LogP contribution in [0.5, 0.6) is 6.01 Å². The van der Waals surface area contributed by atoms with E-state index in [4.69, 9.17) is 21.1 Å². The Balaban J connectivity index is 1.41. The zero-order valence-electron chi connectivity index (χ0n) is 21.5. The number of carbonyl (C=O) groups excluding carboxylic acids is 2. The van der Waals surface area contributed by atoms with Gasteiger partial charge in [-0.3, -0.25) is 9.69 Å². The fraction of sp³-hybridized carbons (Fsp3) is 0.640. The molecule has 0 spiro atoms. The van der Waals surface area contributed by atoms with Crippen LogP contribution >= 0.6 is 11.6 Å². The Morgan fingerprint density at radius 2 is 1.86 bits per heavy atom. The third-order valence-electron chi connectivity index (χ3n) is 7.27. The number of aromatic nitrogens is 3. The predicted octanol–water partition coefficient (Wildman–Crippen LogP) is 3.51. The number of pyridine rings is 1. The van der Waals surface area contributed by atoms with Crippen molar-refractivity contribution in [2.75, 3.05) is 33.3 Å². The molecule has 0 aromatic carbocycles. The van der Waals surface area contributed by atoms with E-state index in [1.165, 1.54) is 6.20 Å². The highest BCUT2D eigenvalue weighted by atomic mass is 35.5. The first-order valence-electron chi connectivity index (χ1n) is 12.7. The van der Waals surface area contributed by atoms with Crippen LogP contribution in [0.25, 0.3) is 10.9 Å². The zero-order valence-corrected chi connectivity index (χ0v) is 22.3. The Bertz CT molecular complexity index is 1210. The second-order valence-electron chi connectivity index (χ2n) is 11.1. The smallest absolute Gasteiger partial charge is 0.410 e. The third-order valence-corrected chi connectivity index (χ3v) is 7.54. The van der Waals surface area contributed by atoms with Gasteiger partial charge in [-0.15, -0.1) is 0 Å². The molecule has 0 aliphatic carbocycles. The fourth-order valence-electron chi connectivity index (χ4n) is 5.43. The maximum atomic E-state index is 14.9. The lowest BCUT2D eigenvalue weighted by Crippen LogP contribution is -2.58. The summed E-state index contributed by atoms with van der Waals surface area (Å²) in [5.41, 5.74) is -0.706. The number of hydrogen-bond donors (Lipinski definition) is 0. The molecule has 10 nitrogen and oxygen atoms in total. The molecule has 3 aliphatic rings. The number of ether oxygens (including phenoxy) is 2. The van der Waals surface area contributed by atoms with Gasteiger partial charge >= 0.3 is 12.1 Å². The predicted molar refractivity (Wildman–Crippen MR) is 134 cm³/mol. The maximum absolute atomic E-state index is 14.9. The minimum absolute atomic E-state index is 0.00737. The van der Waals surface area contributed by atoms with Gasteiger partial charge in [0.25, 0.3) is 5.91 Å². The number of halogens is 2. The van der Waals surface area contributed by atoms with Crippen LogP contribution in [-0.4, -0.2) is 98.7 Å². The van der Waals surface area contributed by atoms with Crippen LogP contribution in [0.15, 0.2) is 6.20 Å². The van der Waals surface area contributed by atoms with Crippen LogP contribution in [-0.2, 0) is 4.74 Å². The normalized spacial score (nSPS) is 24.1. The van der Waals surface area contributed by atoms with Gasteiger partial charge in [-0.1, -0.05) is 11.6 Å². The van der Waals surface area contributed by atoms with E-state index in [-0.39, 0.29) is 57.9 Å². The van der Waals surface area contributed by atoms with Crippen LogP contribution in [0.2, 0.25) is 5.15 Å². The van der Waals surface area contributed by atoms with Gasteiger partial charge in [0.05, 0.1) is 17.5 Å². The topological polar surface area (TPSA) is 101 Å². The molecular weight excluding hydrogens is 503 g/mol. The second-order valence-corrected chi connectivity index (χ2v) is 11.4. The van der Waals surface area contributed by atoms with E-state index in [1.54, 1.807) is 9.80 Å². The van der Waals surface area contributed by atoms with Gasteiger partial charge in [0.1, 0.15) is 23.4 Å². The summed E-state index contributed by atoms with van der Waals surface area (Å²) in [5.74, 6) is -1.22. The Morgan fingerprint density at radius 3 is 2.49 bits per heavy atom. The van der Waals surface area contributed by atoms with Crippen molar-refractivity contribution in [2.45, 2.75) is 70.2 Å². The van der Waals surface area contributed by atoms with Crippen LogP contribution in [0.3, 0.4) is 0 Å². The lowest BCUT2D eigenvalue weighted by molar-refractivity contribution is -0.00342. The molecule has 2 aromatic heterocycles. The molecule has 3 aliphatic heterocycles. The number of likely N-dealkylation sites (tertiary alicyclic amines) is 2. The fourth-order valence-corrected chi connectivity index (χ4v) is 5.57. The van der Waals surface area contributed by atoms with Crippen molar-refractivity contribution >= 4 is 34.5 Å². The lowest BCUT2D eigenvalue weighted by atomic mass is 10.1. The van der Waals surface area contributed by atoms with E-state index in [1.807, 2.05) is 27.8 Å². The van der Waals surface area contributed by atoms with Crippen molar-refractivity contribution in [2.24, 2.45) is 0 Å². The molecule has 0 saturated carbocycles. The summed E-state index contributed by atoms with van der Waals surface area (Å²) in [4.78, 5) is 44.7.